The van der Waals surface area contributed by atoms with Crippen molar-refractivity contribution >= 4 is 0 Å². The van der Waals surface area contributed by atoms with E-state index in [1.807, 2.05) is 0 Å². The second-order valence-electron chi connectivity index (χ2n) is 4.79. The van der Waals surface area contributed by atoms with Crippen LogP contribution in [0.25, 0.3) is 0 Å². The Balaban J connectivity index is 2.20. The van der Waals surface area contributed by atoms with Crippen LogP contribution in [0, 0.1) is 5.92 Å². The lowest BCUT2D eigenvalue weighted by Gasteiger charge is -2.15. The SMILES string of the molecule is CC(F)(F)c1ccc(O)c(CC2CCNC2)c1. The number of rotatable bonds is 3. The van der Waals surface area contributed by atoms with E-state index in [2.05, 4.69) is 5.32 Å². The molecule has 1 aliphatic heterocycles. The molecule has 0 aliphatic carbocycles. The van der Waals surface area contributed by atoms with Crippen LogP contribution in [0.2, 0.25) is 0 Å². The minimum atomic E-state index is -2.85. The predicted molar refractivity (Wildman–Crippen MR) is 62.4 cm³/mol. The number of aromatic hydroxyl groups is 1. The molecular weight excluding hydrogens is 224 g/mol. The van der Waals surface area contributed by atoms with Crippen LogP contribution in [0.4, 0.5) is 8.78 Å². The largest absolute Gasteiger partial charge is 0.508 e. The average Bonchev–Trinajstić information content (AvgIpc) is 2.72. The lowest BCUT2D eigenvalue weighted by Crippen LogP contribution is -2.12. The van der Waals surface area contributed by atoms with Gasteiger partial charge in [0.1, 0.15) is 5.75 Å². The molecule has 1 atom stereocenters. The quantitative estimate of drug-likeness (QED) is 0.852. The maximum absolute atomic E-state index is 13.2. The first kappa shape index (κ1) is 12.3. The molecule has 17 heavy (non-hydrogen) atoms. The molecule has 0 spiro atoms. The maximum atomic E-state index is 13.2. The summed E-state index contributed by atoms with van der Waals surface area (Å²) in [6.07, 6.45) is 1.69. The van der Waals surface area contributed by atoms with Crippen LogP contribution in [0.5, 0.6) is 5.75 Å². The summed E-state index contributed by atoms with van der Waals surface area (Å²) in [5.74, 6) is -2.30. The fourth-order valence-corrected chi connectivity index (χ4v) is 2.22. The summed E-state index contributed by atoms with van der Waals surface area (Å²) in [6.45, 7) is 2.74. The van der Waals surface area contributed by atoms with Crippen LogP contribution >= 0.6 is 0 Å². The number of alkyl halides is 2. The smallest absolute Gasteiger partial charge is 0.270 e. The first-order chi connectivity index (χ1) is 7.97. The Labute approximate surface area is 99.7 Å². The molecule has 2 nitrogen and oxygen atoms in total. The average molecular weight is 241 g/mol. The van der Waals surface area contributed by atoms with Crippen molar-refractivity contribution in [2.45, 2.75) is 25.7 Å². The molecule has 0 amide bonds. The number of halogens is 2. The van der Waals surface area contributed by atoms with E-state index >= 15 is 0 Å². The van der Waals surface area contributed by atoms with Crippen molar-refractivity contribution in [2.24, 2.45) is 5.92 Å². The molecule has 1 heterocycles. The van der Waals surface area contributed by atoms with Gasteiger partial charge in [0.25, 0.3) is 5.92 Å². The Morgan fingerprint density at radius 3 is 2.82 bits per heavy atom. The van der Waals surface area contributed by atoms with Gasteiger partial charge in [-0.3, -0.25) is 0 Å². The molecule has 0 saturated carbocycles. The lowest BCUT2D eigenvalue weighted by atomic mass is 9.95. The number of phenolic OH excluding ortho intramolecular Hbond substituents is 1. The van der Waals surface area contributed by atoms with Crippen molar-refractivity contribution in [3.63, 3.8) is 0 Å². The molecule has 1 aromatic carbocycles. The molecule has 1 fully saturated rings. The summed E-state index contributed by atoms with van der Waals surface area (Å²) in [7, 11) is 0. The number of hydrogen-bond donors (Lipinski definition) is 2. The van der Waals surface area contributed by atoms with Crippen LogP contribution in [-0.2, 0) is 12.3 Å². The lowest BCUT2D eigenvalue weighted by molar-refractivity contribution is 0.0173. The fraction of sp³-hybridized carbons (Fsp3) is 0.538. The van der Waals surface area contributed by atoms with E-state index in [0.717, 1.165) is 26.4 Å². The normalized spacial score (nSPS) is 20.8. The molecule has 1 saturated heterocycles. The van der Waals surface area contributed by atoms with Crippen molar-refractivity contribution in [1.29, 1.82) is 0 Å². The Kier molecular flexibility index (Phi) is 3.33. The van der Waals surface area contributed by atoms with Crippen LogP contribution in [-0.4, -0.2) is 18.2 Å². The van der Waals surface area contributed by atoms with Gasteiger partial charge >= 0.3 is 0 Å². The minimum absolute atomic E-state index is 0.0312. The van der Waals surface area contributed by atoms with Crippen molar-refractivity contribution in [1.82, 2.24) is 5.32 Å². The zero-order chi connectivity index (χ0) is 12.5. The monoisotopic (exact) mass is 241 g/mol. The summed E-state index contributed by atoms with van der Waals surface area (Å²) < 4.78 is 26.4. The van der Waals surface area contributed by atoms with Gasteiger partial charge < -0.3 is 10.4 Å². The highest BCUT2D eigenvalue weighted by atomic mass is 19.3. The highest BCUT2D eigenvalue weighted by molar-refractivity contribution is 5.38. The Bertz CT molecular complexity index is 395. The Hall–Kier alpha value is -1.16. The van der Waals surface area contributed by atoms with E-state index < -0.39 is 5.92 Å². The molecular formula is C13H17F2NO. The van der Waals surface area contributed by atoms with Gasteiger partial charge in [0, 0.05) is 12.5 Å². The van der Waals surface area contributed by atoms with Crippen LogP contribution in [0.15, 0.2) is 18.2 Å². The second kappa shape index (κ2) is 4.61. The summed E-state index contributed by atoms with van der Waals surface area (Å²) in [4.78, 5) is 0. The van der Waals surface area contributed by atoms with Crippen molar-refractivity contribution in [3.05, 3.63) is 29.3 Å². The third kappa shape index (κ3) is 2.94. The molecule has 1 aliphatic rings. The number of nitrogens with one attached hydrogen (secondary N) is 1. The standard InChI is InChI=1S/C13H17F2NO/c1-13(14,15)11-2-3-12(17)10(7-11)6-9-4-5-16-8-9/h2-3,7,9,16-17H,4-6,8H2,1H3. The molecule has 1 aromatic rings. The molecule has 4 heteroatoms. The topological polar surface area (TPSA) is 32.3 Å². The molecule has 94 valence electrons. The Morgan fingerprint density at radius 1 is 1.47 bits per heavy atom. The summed E-state index contributed by atoms with van der Waals surface area (Å²) in [6, 6.07) is 4.07. The van der Waals surface area contributed by atoms with Gasteiger partial charge in [-0.15, -0.1) is 0 Å². The van der Waals surface area contributed by atoms with E-state index in [1.54, 1.807) is 0 Å². The van der Waals surface area contributed by atoms with Gasteiger partial charge in [-0.05, 0) is 55.6 Å². The van der Waals surface area contributed by atoms with Crippen LogP contribution in [0.1, 0.15) is 24.5 Å². The van der Waals surface area contributed by atoms with Crippen molar-refractivity contribution < 1.29 is 13.9 Å². The predicted octanol–water partition coefficient (Wildman–Crippen LogP) is 2.66. The van der Waals surface area contributed by atoms with Crippen molar-refractivity contribution in [2.75, 3.05) is 13.1 Å². The number of benzene rings is 1. The highest BCUT2D eigenvalue weighted by Crippen LogP contribution is 2.32. The van der Waals surface area contributed by atoms with Gasteiger partial charge in [-0.2, -0.15) is 0 Å². The van der Waals surface area contributed by atoms with E-state index in [0.29, 0.717) is 17.9 Å². The Morgan fingerprint density at radius 2 is 2.24 bits per heavy atom. The van der Waals surface area contributed by atoms with Gasteiger partial charge in [0.15, 0.2) is 0 Å². The summed E-state index contributed by atoms with van der Waals surface area (Å²) in [5.41, 5.74) is 0.592. The molecule has 1 unspecified atom stereocenters. The number of hydrogen-bond acceptors (Lipinski definition) is 2. The summed E-state index contributed by atoms with van der Waals surface area (Å²) >= 11 is 0. The first-order valence-corrected chi connectivity index (χ1v) is 5.88. The molecule has 2 rings (SSSR count). The van der Waals surface area contributed by atoms with Gasteiger partial charge in [0.2, 0.25) is 0 Å². The highest BCUT2D eigenvalue weighted by Gasteiger charge is 2.26. The zero-order valence-corrected chi connectivity index (χ0v) is 9.84. The first-order valence-electron chi connectivity index (χ1n) is 5.88. The third-order valence-electron chi connectivity index (χ3n) is 3.26. The maximum Gasteiger partial charge on any atom is 0.270 e. The minimum Gasteiger partial charge on any atom is -0.508 e. The van der Waals surface area contributed by atoms with Crippen LogP contribution in [0.3, 0.4) is 0 Å². The van der Waals surface area contributed by atoms with Crippen molar-refractivity contribution in [3.8, 4) is 5.75 Å². The molecule has 2 N–H and O–H groups in total. The molecule has 0 bridgehead atoms. The zero-order valence-electron chi connectivity index (χ0n) is 9.84. The molecule has 0 radical (unpaired) electrons. The van der Waals surface area contributed by atoms with E-state index in [1.165, 1.54) is 18.2 Å². The van der Waals surface area contributed by atoms with E-state index in [-0.39, 0.29) is 11.3 Å². The van der Waals surface area contributed by atoms with E-state index in [4.69, 9.17) is 0 Å². The molecule has 0 aromatic heterocycles. The summed E-state index contributed by atoms with van der Waals surface area (Å²) in [5, 5.41) is 12.9. The van der Waals surface area contributed by atoms with Gasteiger partial charge in [-0.1, -0.05) is 0 Å². The van der Waals surface area contributed by atoms with Crippen LogP contribution < -0.4 is 5.32 Å². The number of phenols is 1. The second-order valence-corrected chi connectivity index (χ2v) is 4.79. The van der Waals surface area contributed by atoms with Gasteiger partial charge in [0.05, 0.1) is 0 Å². The van der Waals surface area contributed by atoms with Gasteiger partial charge in [-0.25, -0.2) is 8.78 Å². The van der Waals surface area contributed by atoms with E-state index in [9.17, 15) is 13.9 Å². The fourth-order valence-electron chi connectivity index (χ4n) is 2.22. The third-order valence-corrected chi connectivity index (χ3v) is 3.26.